The SMILES string of the molecule is CCNc1nc(N[C@H](CC2CCCCC2)C(=O)N[C@@H]2CCc3ccccc32)cc(-n2cccc2)n1. The molecule has 0 unspecified atom stereocenters. The lowest BCUT2D eigenvalue weighted by atomic mass is 9.84. The third-order valence-corrected chi connectivity index (χ3v) is 7.30. The van der Waals surface area contributed by atoms with E-state index in [1.807, 2.05) is 42.1 Å². The molecular weight excluding hydrogens is 436 g/mol. The van der Waals surface area contributed by atoms with Crippen LogP contribution >= 0.6 is 0 Å². The van der Waals surface area contributed by atoms with Crippen LogP contribution in [-0.4, -0.2) is 33.0 Å². The molecule has 0 saturated heterocycles. The summed E-state index contributed by atoms with van der Waals surface area (Å²) < 4.78 is 1.96. The van der Waals surface area contributed by atoms with Crippen LogP contribution in [0.2, 0.25) is 0 Å². The average molecular weight is 473 g/mol. The summed E-state index contributed by atoms with van der Waals surface area (Å²) >= 11 is 0. The number of nitrogens with one attached hydrogen (secondary N) is 3. The van der Waals surface area contributed by atoms with Gasteiger partial charge in [0, 0.05) is 25.0 Å². The van der Waals surface area contributed by atoms with E-state index in [4.69, 9.17) is 0 Å². The zero-order valence-electron chi connectivity index (χ0n) is 20.5. The van der Waals surface area contributed by atoms with E-state index in [-0.39, 0.29) is 18.0 Å². The summed E-state index contributed by atoms with van der Waals surface area (Å²) in [6, 6.07) is 14.1. The summed E-state index contributed by atoms with van der Waals surface area (Å²) in [5.41, 5.74) is 2.60. The van der Waals surface area contributed by atoms with Gasteiger partial charge < -0.3 is 20.5 Å². The van der Waals surface area contributed by atoms with Gasteiger partial charge >= 0.3 is 0 Å². The number of rotatable bonds is 9. The minimum Gasteiger partial charge on any atom is -0.358 e. The molecule has 2 aliphatic rings. The minimum absolute atomic E-state index is 0.0587. The van der Waals surface area contributed by atoms with Crippen molar-refractivity contribution in [2.75, 3.05) is 17.2 Å². The van der Waals surface area contributed by atoms with Gasteiger partial charge in [0.1, 0.15) is 17.7 Å². The van der Waals surface area contributed by atoms with Gasteiger partial charge in [-0.2, -0.15) is 9.97 Å². The first-order chi connectivity index (χ1) is 17.2. The number of carbonyl (C=O) groups excluding carboxylic acids is 1. The molecule has 1 aromatic carbocycles. The minimum atomic E-state index is -0.340. The quantitative estimate of drug-likeness (QED) is 0.396. The molecule has 7 nitrogen and oxygen atoms in total. The Hall–Kier alpha value is -3.35. The van der Waals surface area contributed by atoms with Crippen LogP contribution in [0.3, 0.4) is 0 Å². The number of aromatic nitrogens is 3. The molecule has 2 aromatic heterocycles. The average Bonchev–Trinajstić information content (AvgIpc) is 3.55. The van der Waals surface area contributed by atoms with Crippen molar-refractivity contribution in [3.05, 3.63) is 66.0 Å². The summed E-state index contributed by atoms with van der Waals surface area (Å²) in [7, 11) is 0. The number of fused-ring (bicyclic) bond motifs is 1. The van der Waals surface area contributed by atoms with Crippen molar-refractivity contribution in [1.29, 1.82) is 0 Å². The van der Waals surface area contributed by atoms with Crippen molar-refractivity contribution in [1.82, 2.24) is 19.9 Å². The summed E-state index contributed by atoms with van der Waals surface area (Å²) in [5.74, 6) is 2.61. The van der Waals surface area contributed by atoms with E-state index in [0.29, 0.717) is 17.7 Å². The highest BCUT2D eigenvalue weighted by Gasteiger charge is 2.29. The molecule has 0 aliphatic heterocycles. The van der Waals surface area contributed by atoms with E-state index in [0.717, 1.165) is 31.6 Å². The van der Waals surface area contributed by atoms with Crippen LogP contribution in [0, 0.1) is 5.92 Å². The third kappa shape index (κ3) is 5.66. The van der Waals surface area contributed by atoms with E-state index in [1.54, 1.807) is 0 Å². The normalized spacial score (nSPS) is 18.6. The predicted molar refractivity (Wildman–Crippen MR) is 140 cm³/mol. The highest BCUT2D eigenvalue weighted by atomic mass is 16.2. The second-order valence-corrected chi connectivity index (χ2v) is 9.79. The van der Waals surface area contributed by atoms with Crippen LogP contribution < -0.4 is 16.0 Å². The standard InChI is InChI=1S/C28H36N6O/c1-2-29-28-32-25(19-26(33-28)34-16-8-9-17-34)30-24(18-20-10-4-3-5-11-20)27(35)31-23-15-14-21-12-6-7-13-22(21)23/h6-9,12-13,16-17,19-20,23-24H,2-5,10-11,14-15,18H2,1H3,(H,31,35)(H2,29,30,32,33)/t23-,24-/m1/s1. The number of anilines is 2. The molecule has 2 heterocycles. The highest BCUT2D eigenvalue weighted by Crippen LogP contribution is 2.32. The van der Waals surface area contributed by atoms with Crippen molar-refractivity contribution in [2.45, 2.75) is 70.4 Å². The van der Waals surface area contributed by atoms with E-state index < -0.39 is 0 Å². The molecule has 1 saturated carbocycles. The Morgan fingerprint density at radius 2 is 1.86 bits per heavy atom. The van der Waals surface area contributed by atoms with E-state index >= 15 is 0 Å². The Balaban J connectivity index is 1.38. The van der Waals surface area contributed by atoms with Gasteiger partial charge in [-0.15, -0.1) is 0 Å². The van der Waals surface area contributed by atoms with Gasteiger partial charge in [0.2, 0.25) is 11.9 Å². The van der Waals surface area contributed by atoms with E-state index in [2.05, 4.69) is 50.2 Å². The van der Waals surface area contributed by atoms with Gasteiger partial charge in [0.15, 0.2) is 0 Å². The van der Waals surface area contributed by atoms with Crippen LogP contribution in [-0.2, 0) is 11.2 Å². The van der Waals surface area contributed by atoms with Crippen LogP contribution in [0.5, 0.6) is 0 Å². The number of aryl methyl sites for hydroxylation is 1. The maximum atomic E-state index is 13.7. The van der Waals surface area contributed by atoms with Gasteiger partial charge in [0.05, 0.1) is 6.04 Å². The first kappa shape index (κ1) is 23.4. The Bertz CT molecular complexity index is 1120. The topological polar surface area (TPSA) is 83.9 Å². The maximum absolute atomic E-state index is 13.7. The lowest BCUT2D eigenvalue weighted by Gasteiger charge is -2.28. The molecular formula is C28H36N6O. The molecule has 35 heavy (non-hydrogen) atoms. The van der Waals surface area contributed by atoms with Crippen molar-refractivity contribution < 1.29 is 4.79 Å². The Kier molecular flexibility index (Phi) is 7.31. The van der Waals surface area contributed by atoms with Gasteiger partial charge in [-0.3, -0.25) is 4.79 Å². The van der Waals surface area contributed by atoms with Crippen LogP contribution in [0.4, 0.5) is 11.8 Å². The van der Waals surface area contributed by atoms with Crippen molar-refractivity contribution in [2.24, 2.45) is 5.92 Å². The predicted octanol–water partition coefficient (Wildman–Crippen LogP) is 5.25. The molecule has 2 aliphatic carbocycles. The number of benzene rings is 1. The third-order valence-electron chi connectivity index (χ3n) is 7.30. The Morgan fingerprint density at radius 1 is 1.06 bits per heavy atom. The number of hydrogen-bond acceptors (Lipinski definition) is 5. The fourth-order valence-electron chi connectivity index (χ4n) is 5.51. The molecule has 0 spiro atoms. The van der Waals surface area contributed by atoms with Crippen LogP contribution in [0.1, 0.15) is 69.0 Å². The fourth-order valence-corrected chi connectivity index (χ4v) is 5.51. The second kappa shape index (κ2) is 10.9. The molecule has 3 N–H and O–H groups in total. The maximum Gasteiger partial charge on any atom is 0.243 e. The lowest BCUT2D eigenvalue weighted by Crippen LogP contribution is -2.42. The molecule has 1 amide bonds. The van der Waals surface area contributed by atoms with Crippen LogP contribution in [0.15, 0.2) is 54.9 Å². The zero-order valence-corrected chi connectivity index (χ0v) is 20.5. The molecule has 0 bridgehead atoms. The monoisotopic (exact) mass is 472 g/mol. The first-order valence-corrected chi connectivity index (χ1v) is 13.1. The molecule has 0 radical (unpaired) electrons. The van der Waals surface area contributed by atoms with E-state index in [9.17, 15) is 4.79 Å². The molecule has 2 atom stereocenters. The second-order valence-electron chi connectivity index (χ2n) is 9.79. The lowest BCUT2D eigenvalue weighted by molar-refractivity contribution is -0.123. The summed E-state index contributed by atoms with van der Waals surface area (Å²) in [4.78, 5) is 23.0. The molecule has 184 valence electrons. The van der Waals surface area contributed by atoms with Crippen LogP contribution in [0.25, 0.3) is 5.82 Å². The summed E-state index contributed by atoms with van der Waals surface area (Å²) in [6.07, 6.45) is 12.9. The first-order valence-electron chi connectivity index (χ1n) is 13.1. The summed E-state index contributed by atoms with van der Waals surface area (Å²) in [6.45, 7) is 2.75. The van der Waals surface area contributed by atoms with Crippen molar-refractivity contribution >= 4 is 17.7 Å². The fraction of sp³-hybridized carbons (Fsp3) is 0.464. The number of amides is 1. The van der Waals surface area contributed by atoms with E-state index in [1.165, 1.54) is 43.2 Å². The largest absolute Gasteiger partial charge is 0.358 e. The zero-order chi connectivity index (χ0) is 24.0. The van der Waals surface area contributed by atoms with Gasteiger partial charge in [-0.1, -0.05) is 56.4 Å². The van der Waals surface area contributed by atoms with Crippen molar-refractivity contribution in [3.8, 4) is 5.82 Å². The number of carbonyl (C=O) groups is 1. The van der Waals surface area contributed by atoms with Gasteiger partial charge in [-0.05, 0) is 55.4 Å². The number of nitrogens with zero attached hydrogens (tertiary/aromatic N) is 3. The summed E-state index contributed by atoms with van der Waals surface area (Å²) in [5, 5.41) is 10.1. The van der Waals surface area contributed by atoms with Gasteiger partial charge in [0.25, 0.3) is 0 Å². The molecule has 1 fully saturated rings. The smallest absolute Gasteiger partial charge is 0.243 e. The molecule has 5 rings (SSSR count). The Morgan fingerprint density at radius 3 is 2.66 bits per heavy atom. The Labute approximate surface area is 207 Å². The number of hydrogen-bond donors (Lipinski definition) is 3. The van der Waals surface area contributed by atoms with Gasteiger partial charge in [-0.25, -0.2) is 0 Å². The van der Waals surface area contributed by atoms with Crippen molar-refractivity contribution in [3.63, 3.8) is 0 Å². The molecule has 3 aromatic rings. The molecule has 7 heteroatoms. The highest BCUT2D eigenvalue weighted by molar-refractivity contribution is 5.85.